The summed E-state index contributed by atoms with van der Waals surface area (Å²) in [5, 5.41) is 0.678. The van der Waals surface area contributed by atoms with E-state index in [1.54, 1.807) is 25.1 Å². The number of halogens is 1. The third-order valence-corrected chi connectivity index (χ3v) is 4.59. The van der Waals surface area contributed by atoms with Gasteiger partial charge in [-0.25, -0.2) is 15.2 Å². The highest BCUT2D eigenvalue weighted by atomic mass is 35.5. The zero-order chi connectivity index (χ0) is 17.8. The lowest BCUT2D eigenvalue weighted by Crippen LogP contribution is -2.42. The molecule has 0 bridgehead atoms. The van der Waals surface area contributed by atoms with Crippen LogP contribution in [-0.2, 0) is 4.74 Å². The molecule has 0 radical (unpaired) electrons. The number of para-hydroxylation sites is 1. The van der Waals surface area contributed by atoms with Gasteiger partial charge in [-0.2, -0.15) is 0 Å². The Kier molecular flexibility index (Phi) is 5.16. The number of fused-ring (bicyclic) bond motifs is 1. The summed E-state index contributed by atoms with van der Waals surface area (Å²) in [6.07, 6.45) is -0.723. The minimum Gasteiger partial charge on any atom is -0.449 e. The fourth-order valence-electron chi connectivity index (χ4n) is 2.28. The molecule has 1 aromatic carbocycles. The molecule has 2 N–H and O–H groups in total. The summed E-state index contributed by atoms with van der Waals surface area (Å²) in [7, 11) is 0. The number of carbonyl (C=O) groups is 2. The number of nitrogens with one attached hydrogen (secondary N) is 2. The molecule has 6 nitrogen and oxygen atoms in total. The summed E-state index contributed by atoms with van der Waals surface area (Å²) in [4.78, 5) is 29.3. The lowest BCUT2D eigenvalue weighted by atomic mass is 10.1. The smallest absolute Gasteiger partial charge is 0.426 e. The van der Waals surface area contributed by atoms with E-state index in [2.05, 4.69) is 15.8 Å². The lowest BCUT2D eigenvalue weighted by Gasteiger charge is -2.10. The fourth-order valence-corrected chi connectivity index (χ4v) is 3.29. The van der Waals surface area contributed by atoms with Crippen molar-refractivity contribution in [2.24, 2.45) is 0 Å². The maximum absolute atomic E-state index is 12.5. The maximum atomic E-state index is 12.5. The lowest BCUT2D eigenvalue weighted by molar-refractivity contribution is 0.0914. The van der Waals surface area contributed by atoms with E-state index in [-0.39, 0.29) is 6.61 Å². The average molecular weight is 376 g/mol. The Bertz CT molecular complexity index is 942. The van der Waals surface area contributed by atoms with Gasteiger partial charge in [-0.3, -0.25) is 10.2 Å². The zero-order valence-electron chi connectivity index (χ0n) is 13.2. The molecule has 0 saturated heterocycles. The first-order valence-electron chi connectivity index (χ1n) is 7.47. The van der Waals surface area contributed by atoms with E-state index in [0.717, 1.165) is 4.88 Å². The van der Waals surface area contributed by atoms with Crippen molar-refractivity contribution in [3.05, 3.63) is 52.4 Å². The highest BCUT2D eigenvalue weighted by Crippen LogP contribution is 2.32. The maximum Gasteiger partial charge on any atom is 0.426 e. The zero-order valence-corrected chi connectivity index (χ0v) is 14.8. The van der Waals surface area contributed by atoms with Gasteiger partial charge in [-0.05, 0) is 31.2 Å². The van der Waals surface area contributed by atoms with Gasteiger partial charge in [-0.1, -0.05) is 29.8 Å². The molecule has 0 unspecified atom stereocenters. The Labute approximate surface area is 152 Å². The van der Waals surface area contributed by atoms with Gasteiger partial charge in [-0.15, -0.1) is 11.3 Å². The number of carbonyl (C=O) groups excluding carboxylic acids is 2. The molecular weight excluding hydrogens is 362 g/mol. The van der Waals surface area contributed by atoms with Crippen molar-refractivity contribution in [1.82, 2.24) is 15.8 Å². The number of hydrazine groups is 1. The summed E-state index contributed by atoms with van der Waals surface area (Å²) >= 11 is 7.37. The Hall–Kier alpha value is -2.64. The van der Waals surface area contributed by atoms with Crippen LogP contribution in [0.5, 0.6) is 0 Å². The fraction of sp³-hybridized carbons (Fsp3) is 0.118. The van der Waals surface area contributed by atoms with E-state index < -0.39 is 12.0 Å². The van der Waals surface area contributed by atoms with E-state index in [4.69, 9.17) is 16.3 Å². The number of hydrogen-bond acceptors (Lipinski definition) is 5. The Balaban J connectivity index is 1.97. The van der Waals surface area contributed by atoms with Crippen LogP contribution in [-0.4, -0.2) is 23.6 Å². The predicted molar refractivity (Wildman–Crippen MR) is 97.7 cm³/mol. The number of aromatic nitrogens is 1. The second kappa shape index (κ2) is 7.50. The van der Waals surface area contributed by atoms with Gasteiger partial charge in [0.2, 0.25) is 0 Å². The van der Waals surface area contributed by atoms with E-state index in [1.807, 2.05) is 24.3 Å². The normalized spacial score (nSPS) is 10.5. The van der Waals surface area contributed by atoms with Crippen molar-refractivity contribution < 1.29 is 14.3 Å². The van der Waals surface area contributed by atoms with Crippen molar-refractivity contribution in [2.45, 2.75) is 6.92 Å². The summed E-state index contributed by atoms with van der Waals surface area (Å²) in [5.41, 5.74) is 6.25. The molecule has 0 aliphatic rings. The second-order valence-electron chi connectivity index (χ2n) is 4.98. The van der Waals surface area contributed by atoms with Crippen LogP contribution in [0.2, 0.25) is 4.34 Å². The standard InChI is InChI=1S/C17H14ClN3O3S/c1-2-24-17(23)21-20-16(22)11-9-13(14-7-8-15(18)25-14)19-12-6-4-3-5-10(11)12/h3-9H,2H2,1H3,(H,20,22)(H,21,23). The van der Waals surface area contributed by atoms with E-state index in [0.29, 0.717) is 26.5 Å². The number of benzene rings is 1. The van der Waals surface area contributed by atoms with E-state index in [1.165, 1.54) is 11.3 Å². The number of nitrogens with zero attached hydrogens (tertiary/aromatic N) is 1. The molecule has 0 atom stereocenters. The molecule has 2 amide bonds. The number of thiophene rings is 1. The van der Waals surface area contributed by atoms with Crippen molar-refractivity contribution in [1.29, 1.82) is 0 Å². The topological polar surface area (TPSA) is 80.3 Å². The van der Waals surface area contributed by atoms with Crippen molar-refractivity contribution >= 4 is 45.8 Å². The molecule has 0 aliphatic carbocycles. The van der Waals surface area contributed by atoms with Crippen LogP contribution in [0.1, 0.15) is 17.3 Å². The molecule has 128 valence electrons. The highest BCUT2D eigenvalue weighted by molar-refractivity contribution is 7.19. The van der Waals surface area contributed by atoms with Gasteiger partial charge >= 0.3 is 6.09 Å². The third-order valence-electron chi connectivity index (χ3n) is 3.34. The summed E-state index contributed by atoms with van der Waals surface area (Å²) < 4.78 is 5.36. The summed E-state index contributed by atoms with van der Waals surface area (Å²) in [6.45, 7) is 1.89. The van der Waals surface area contributed by atoms with Gasteiger partial charge in [0, 0.05) is 5.39 Å². The molecule has 0 saturated carbocycles. The molecule has 0 aliphatic heterocycles. The third kappa shape index (κ3) is 3.89. The SMILES string of the molecule is CCOC(=O)NNC(=O)c1cc(-c2ccc(Cl)s2)nc2ccccc12. The molecule has 0 fully saturated rings. The predicted octanol–water partition coefficient (Wildman–Crippen LogP) is 4.01. The minimum atomic E-state index is -0.723. The number of amides is 2. The minimum absolute atomic E-state index is 0.211. The van der Waals surface area contributed by atoms with Gasteiger partial charge in [0.25, 0.3) is 5.91 Å². The van der Waals surface area contributed by atoms with Crippen LogP contribution in [0.3, 0.4) is 0 Å². The van der Waals surface area contributed by atoms with E-state index in [9.17, 15) is 9.59 Å². The van der Waals surface area contributed by atoms with Gasteiger partial charge in [0.15, 0.2) is 0 Å². The van der Waals surface area contributed by atoms with Crippen LogP contribution < -0.4 is 10.9 Å². The van der Waals surface area contributed by atoms with Crippen molar-refractivity contribution in [2.75, 3.05) is 6.61 Å². The number of ether oxygens (including phenoxy) is 1. The van der Waals surface area contributed by atoms with Crippen LogP contribution >= 0.6 is 22.9 Å². The molecule has 2 aromatic heterocycles. The highest BCUT2D eigenvalue weighted by Gasteiger charge is 2.15. The van der Waals surface area contributed by atoms with Crippen LogP contribution in [0.15, 0.2) is 42.5 Å². The van der Waals surface area contributed by atoms with Crippen LogP contribution in [0.25, 0.3) is 21.5 Å². The molecule has 2 heterocycles. The molecule has 25 heavy (non-hydrogen) atoms. The Morgan fingerprint density at radius 2 is 2.00 bits per heavy atom. The molecular formula is C17H14ClN3O3S. The Morgan fingerprint density at radius 1 is 1.20 bits per heavy atom. The Morgan fingerprint density at radius 3 is 2.72 bits per heavy atom. The van der Waals surface area contributed by atoms with Crippen molar-refractivity contribution in [3.8, 4) is 10.6 Å². The number of rotatable bonds is 3. The van der Waals surface area contributed by atoms with Crippen LogP contribution in [0, 0.1) is 0 Å². The summed E-state index contributed by atoms with van der Waals surface area (Å²) in [5.74, 6) is -0.462. The van der Waals surface area contributed by atoms with Crippen molar-refractivity contribution in [3.63, 3.8) is 0 Å². The molecule has 0 spiro atoms. The first-order chi connectivity index (χ1) is 12.1. The van der Waals surface area contributed by atoms with Gasteiger partial charge < -0.3 is 4.74 Å². The molecule has 3 rings (SSSR count). The van der Waals surface area contributed by atoms with Gasteiger partial charge in [0.05, 0.1) is 32.6 Å². The number of pyridine rings is 1. The first kappa shape index (κ1) is 17.2. The quantitative estimate of drug-likeness (QED) is 0.678. The second-order valence-corrected chi connectivity index (χ2v) is 6.69. The van der Waals surface area contributed by atoms with Gasteiger partial charge in [0.1, 0.15) is 0 Å². The largest absolute Gasteiger partial charge is 0.449 e. The average Bonchev–Trinajstić information content (AvgIpc) is 3.05. The number of hydrogen-bond donors (Lipinski definition) is 2. The molecule has 8 heteroatoms. The monoisotopic (exact) mass is 375 g/mol. The van der Waals surface area contributed by atoms with Crippen LogP contribution in [0.4, 0.5) is 4.79 Å². The van der Waals surface area contributed by atoms with E-state index >= 15 is 0 Å². The summed E-state index contributed by atoms with van der Waals surface area (Å²) in [6, 6.07) is 12.6. The first-order valence-corrected chi connectivity index (χ1v) is 8.66. The molecule has 3 aromatic rings.